The van der Waals surface area contributed by atoms with Gasteiger partial charge >= 0.3 is 0 Å². The predicted molar refractivity (Wildman–Crippen MR) is 62.7 cm³/mol. The molecule has 100 valence electrons. The fourth-order valence-electron chi connectivity index (χ4n) is 1.80. The standard InChI is InChI=1S/C11H18N4O3/c1-8(11(16)15-3-5-17-6-4-15)12-7-10-13-9(2)18-14-10/h8,12H,3-7H2,1-2H3. The maximum Gasteiger partial charge on any atom is 0.239 e. The SMILES string of the molecule is Cc1nc(CNC(C)C(=O)N2CCOCC2)no1. The number of rotatable bonds is 4. The highest BCUT2D eigenvalue weighted by atomic mass is 16.5. The lowest BCUT2D eigenvalue weighted by molar-refractivity contribution is -0.137. The molecule has 0 aliphatic carbocycles. The maximum absolute atomic E-state index is 12.1. The van der Waals surface area contributed by atoms with Crippen molar-refractivity contribution < 1.29 is 14.1 Å². The van der Waals surface area contributed by atoms with Crippen molar-refractivity contribution in [2.24, 2.45) is 0 Å². The molecule has 2 heterocycles. The second-order valence-corrected chi connectivity index (χ2v) is 4.27. The first kappa shape index (κ1) is 13.0. The molecule has 1 amide bonds. The Morgan fingerprint density at radius 1 is 1.50 bits per heavy atom. The summed E-state index contributed by atoms with van der Waals surface area (Å²) in [7, 11) is 0. The molecule has 0 bridgehead atoms. The summed E-state index contributed by atoms with van der Waals surface area (Å²) in [5.74, 6) is 1.17. The van der Waals surface area contributed by atoms with E-state index in [9.17, 15) is 4.79 Å². The van der Waals surface area contributed by atoms with Crippen molar-refractivity contribution >= 4 is 5.91 Å². The van der Waals surface area contributed by atoms with Crippen LogP contribution in [0.5, 0.6) is 0 Å². The molecule has 7 heteroatoms. The normalized spacial score (nSPS) is 17.8. The summed E-state index contributed by atoms with van der Waals surface area (Å²) in [6.07, 6.45) is 0. The summed E-state index contributed by atoms with van der Waals surface area (Å²) in [6.45, 7) is 6.54. The van der Waals surface area contributed by atoms with Gasteiger partial charge in [0.05, 0.1) is 25.8 Å². The van der Waals surface area contributed by atoms with E-state index in [1.807, 2.05) is 11.8 Å². The number of ether oxygens (including phenoxy) is 1. The van der Waals surface area contributed by atoms with Crippen LogP contribution in [0.2, 0.25) is 0 Å². The zero-order chi connectivity index (χ0) is 13.0. The molecule has 1 saturated heterocycles. The van der Waals surface area contributed by atoms with E-state index in [0.29, 0.717) is 44.6 Å². The van der Waals surface area contributed by atoms with E-state index >= 15 is 0 Å². The molecular formula is C11H18N4O3. The van der Waals surface area contributed by atoms with Crippen LogP contribution in [-0.2, 0) is 16.1 Å². The topological polar surface area (TPSA) is 80.5 Å². The lowest BCUT2D eigenvalue weighted by atomic mass is 10.2. The van der Waals surface area contributed by atoms with E-state index in [1.165, 1.54) is 0 Å². The molecule has 0 radical (unpaired) electrons. The number of carbonyl (C=O) groups is 1. The summed E-state index contributed by atoms with van der Waals surface area (Å²) >= 11 is 0. The van der Waals surface area contributed by atoms with Crippen molar-refractivity contribution in [2.75, 3.05) is 26.3 Å². The number of amides is 1. The number of aryl methyl sites for hydroxylation is 1. The van der Waals surface area contributed by atoms with Crippen molar-refractivity contribution in [1.82, 2.24) is 20.4 Å². The van der Waals surface area contributed by atoms with Gasteiger partial charge in [0, 0.05) is 20.0 Å². The molecule has 1 atom stereocenters. The number of nitrogens with one attached hydrogen (secondary N) is 1. The van der Waals surface area contributed by atoms with Crippen LogP contribution in [0.25, 0.3) is 0 Å². The molecule has 0 spiro atoms. The first-order chi connectivity index (χ1) is 8.66. The molecule has 1 aromatic rings. The van der Waals surface area contributed by atoms with Gasteiger partial charge < -0.3 is 14.2 Å². The number of hydrogen-bond donors (Lipinski definition) is 1. The average Bonchev–Trinajstić information content (AvgIpc) is 2.82. The van der Waals surface area contributed by atoms with Crippen LogP contribution in [0.4, 0.5) is 0 Å². The molecule has 1 unspecified atom stereocenters. The van der Waals surface area contributed by atoms with Crippen molar-refractivity contribution in [2.45, 2.75) is 26.4 Å². The zero-order valence-corrected chi connectivity index (χ0v) is 10.7. The zero-order valence-electron chi connectivity index (χ0n) is 10.7. The summed E-state index contributed by atoms with van der Waals surface area (Å²) in [5, 5.41) is 6.86. The monoisotopic (exact) mass is 254 g/mol. The van der Waals surface area contributed by atoms with Gasteiger partial charge in [-0.2, -0.15) is 4.98 Å². The highest BCUT2D eigenvalue weighted by Gasteiger charge is 2.22. The van der Waals surface area contributed by atoms with Gasteiger partial charge in [-0.25, -0.2) is 0 Å². The van der Waals surface area contributed by atoms with Crippen LogP contribution in [0.15, 0.2) is 4.52 Å². The first-order valence-electron chi connectivity index (χ1n) is 6.06. The second kappa shape index (κ2) is 5.92. The molecular weight excluding hydrogens is 236 g/mol. The number of hydrogen-bond acceptors (Lipinski definition) is 6. The molecule has 7 nitrogen and oxygen atoms in total. The average molecular weight is 254 g/mol. The Balaban J connectivity index is 1.79. The molecule has 1 aromatic heterocycles. The third-order valence-electron chi connectivity index (χ3n) is 2.83. The minimum Gasteiger partial charge on any atom is -0.378 e. The van der Waals surface area contributed by atoms with E-state index in [1.54, 1.807) is 6.92 Å². The molecule has 1 aliphatic rings. The minimum atomic E-state index is -0.262. The van der Waals surface area contributed by atoms with Crippen LogP contribution in [-0.4, -0.2) is 53.3 Å². The summed E-state index contributed by atoms with van der Waals surface area (Å²) in [5.41, 5.74) is 0. The number of carbonyl (C=O) groups excluding carboxylic acids is 1. The third-order valence-corrected chi connectivity index (χ3v) is 2.83. The number of morpholine rings is 1. The van der Waals surface area contributed by atoms with E-state index in [-0.39, 0.29) is 11.9 Å². The summed E-state index contributed by atoms with van der Waals surface area (Å²) < 4.78 is 10.1. The molecule has 1 aliphatic heterocycles. The summed E-state index contributed by atoms with van der Waals surface area (Å²) in [6, 6.07) is -0.262. The second-order valence-electron chi connectivity index (χ2n) is 4.27. The lowest BCUT2D eigenvalue weighted by Gasteiger charge is -2.29. The Morgan fingerprint density at radius 3 is 2.83 bits per heavy atom. The fourth-order valence-corrected chi connectivity index (χ4v) is 1.80. The Hall–Kier alpha value is -1.47. The number of nitrogens with zero attached hydrogens (tertiary/aromatic N) is 3. The van der Waals surface area contributed by atoms with E-state index in [0.717, 1.165) is 0 Å². The van der Waals surface area contributed by atoms with Crippen LogP contribution >= 0.6 is 0 Å². The third kappa shape index (κ3) is 3.27. The molecule has 1 fully saturated rings. The Morgan fingerprint density at radius 2 is 2.22 bits per heavy atom. The van der Waals surface area contributed by atoms with Crippen molar-refractivity contribution in [3.05, 3.63) is 11.7 Å². The van der Waals surface area contributed by atoms with Crippen LogP contribution in [0.1, 0.15) is 18.6 Å². The largest absolute Gasteiger partial charge is 0.378 e. The van der Waals surface area contributed by atoms with Crippen molar-refractivity contribution in [3.63, 3.8) is 0 Å². The Labute approximate surface area is 105 Å². The highest BCUT2D eigenvalue weighted by molar-refractivity contribution is 5.81. The van der Waals surface area contributed by atoms with Gasteiger partial charge in [-0.3, -0.25) is 10.1 Å². The van der Waals surface area contributed by atoms with E-state index in [2.05, 4.69) is 15.5 Å². The molecule has 0 aromatic carbocycles. The molecule has 18 heavy (non-hydrogen) atoms. The fraction of sp³-hybridized carbons (Fsp3) is 0.727. The van der Waals surface area contributed by atoms with Gasteiger partial charge in [0.15, 0.2) is 5.82 Å². The van der Waals surface area contributed by atoms with Gasteiger partial charge in [0.2, 0.25) is 11.8 Å². The predicted octanol–water partition coefficient (Wildman–Crippen LogP) is -0.285. The quantitative estimate of drug-likeness (QED) is 0.795. The van der Waals surface area contributed by atoms with Gasteiger partial charge in [-0.05, 0) is 6.92 Å². The molecule has 1 N–H and O–H groups in total. The van der Waals surface area contributed by atoms with Crippen molar-refractivity contribution in [1.29, 1.82) is 0 Å². The summed E-state index contributed by atoms with van der Waals surface area (Å²) in [4.78, 5) is 17.9. The van der Waals surface area contributed by atoms with Gasteiger partial charge in [-0.15, -0.1) is 0 Å². The van der Waals surface area contributed by atoms with E-state index in [4.69, 9.17) is 9.26 Å². The van der Waals surface area contributed by atoms with Gasteiger partial charge in [0.25, 0.3) is 0 Å². The lowest BCUT2D eigenvalue weighted by Crippen LogP contribution is -2.49. The Bertz CT molecular complexity index is 401. The first-order valence-corrected chi connectivity index (χ1v) is 6.06. The van der Waals surface area contributed by atoms with E-state index < -0.39 is 0 Å². The molecule has 0 saturated carbocycles. The minimum absolute atomic E-state index is 0.0820. The number of aromatic nitrogens is 2. The van der Waals surface area contributed by atoms with Crippen LogP contribution < -0.4 is 5.32 Å². The van der Waals surface area contributed by atoms with Crippen LogP contribution in [0, 0.1) is 6.92 Å². The van der Waals surface area contributed by atoms with Gasteiger partial charge in [-0.1, -0.05) is 5.16 Å². The van der Waals surface area contributed by atoms with Crippen LogP contribution in [0.3, 0.4) is 0 Å². The van der Waals surface area contributed by atoms with Gasteiger partial charge in [0.1, 0.15) is 0 Å². The molecule has 2 rings (SSSR count). The van der Waals surface area contributed by atoms with Crippen molar-refractivity contribution in [3.8, 4) is 0 Å². The smallest absolute Gasteiger partial charge is 0.239 e. The maximum atomic E-state index is 12.1. The highest BCUT2D eigenvalue weighted by Crippen LogP contribution is 2.01. The Kier molecular flexibility index (Phi) is 4.27.